The van der Waals surface area contributed by atoms with Crippen LogP contribution in [0.25, 0.3) is 0 Å². The summed E-state index contributed by atoms with van der Waals surface area (Å²) in [5.74, 6) is -1.73. The summed E-state index contributed by atoms with van der Waals surface area (Å²) in [7, 11) is -0.0992. The SMILES string of the molecule is CC[C@@H](C(=O)NC)N(CCc1ccccc1)C(=O)CN(c1ccccc1F)S(=O)(=O)N(C)C. The number of halogens is 1. The van der Waals surface area contributed by atoms with Crippen molar-refractivity contribution in [1.29, 1.82) is 0 Å². The van der Waals surface area contributed by atoms with Crippen LogP contribution < -0.4 is 9.62 Å². The average molecular weight is 479 g/mol. The molecule has 0 fully saturated rings. The highest BCUT2D eigenvalue weighted by atomic mass is 32.2. The van der Waals surface area contributed by atoms with Gasteiger partial charge in [0.1, 0.15) is 18.4 Å². The van der Waals surface area contributed by atoms with E-state index in [1.165, 1.54) is 44.2 Å². The summed E-state index contributed by atoms with van der Waals surface area (Å²) < 4.78 is 42.2. The van der Waals surface area contributed by atoms with Crippen LogP contribution >= 0.6 is 0 Å². The van der Waals surface area contributed by atoms with E-state index in [-0.39, 0.29) is 18.1 Å². The third-order valence-electron chi connectivity index (χ3n) is 5.26. The molecule has 2 aromatic carbocycles. The Labute approximate surface area is 195 Å². The maximum Gasteiger partial charge on any atom is 0.304 e. The first-order valence-electron chi connectivity index (χ1n) is 10.6. The first-order valence-corrected chi connectivity index (χ1v) is 12.0. The van der Waals surface area contributed by atoms with E-state index < -0.39 is 34.5 Å². The van der Waals surface area contributed by atoms with Crippen molar-refractivity contribution in [3.8, 4) is 0 Å². The van der Waals surface area contributed by atoms with Crippen LogP contribution in [0.3, 0.4) is 0 Å². The van der Waals surface area contributed by atoms with Crippen molar-refractivity contribution in [2.45, 2.75) is 25.8 Å². The highest BCUT2D eigenvalue weighted by Crippen LogP contribution is 2.23. The third-order valence-corrected chi connectivity index (χ3v) is 7.06. The second kappa shape index (κ2) is 11.8. The maximum atomic E-state index is 14.5. The third kappa shape index (κ3) is 6.52. The van der Waals surface area contributed by atoms with Gasteiger partial charge in [0.2, 0.25) is 11.8 Å². The molecule has 2 rings (SSSR count). The Morgan fingerprint density at radius 1 is 1.03 bits per heavy atom. The Kier molecular flexibility index (Phi) is 9.36. The van der Waals surface area contributed by atoms with Gasteiger partial charge in [-0.25, -0.2) is 8.70 Å². The van der Waals surface area contributed by atoms with E-state index in [9.17, 15) is 22.4 Å². The molecule has 33 heavy (non-hydrogen) atoms. The van der Waals surface area contributed by atoms with Gasteiger partial charge < -0.3 is 10.2 Å². The van der Waals surface area contributed by atoms with Crippen LogP contribution in [0.15, 0.2) is 54.6 Å². The standard InChI is InChI=1S/C23H31FN4O4S/c1-5-20(23(30)25-2)27(16-15-18-11-7-6-8-12-18)22(29)17-28(33(31,32)26(3)4)21-14-10-9-13-19(21)24/h6-14,20H,5,15-17H2,1-4H3,(H,25,30)/t20-/m0/s1. The van der Waals surface area contributed by atoms with Crippen molar-refractivity contribution in [3.05, 3.63) is 66.0 Å². The van der Waals surface area contributed by atoms with Crippen molar-refractivity contribution in [2.24, 2.45) is 0 Å². The van der Waals surface area contributed by atoms with E-state index in [4.69, 9.17) is 0 Å². The number of likely N-dealkylation sites (N-methyl/N-ethyl adjacent to an activating group) is 1. The molecular weight excluding hydrogens is 447 g/mol. The first-order chi connectivity index (χ1) is 15.6. The van der Waals surface area contributed by atoms with Crippen LogP contribution in [0.5, 0.6) is 0 Å². The van der Waals surface area contributed by atoms with Gasteiger partial charge in [0.15, 0.2) is 0 Å². The fourth-order valence-corrected chi connectivity index (χ4v) is 4.48. The lowest BCUT2D eigenvalue weighted by Crippen LogP contribution is -2.53. The number of carbonyl (C=O) groups is 2. The Hall–Kier alpha value is -2.98. The molecule has 0 aromatic heterocycles. The van der Waals surface area contributed by atoms with E-state index in [0.29, 0.717) is 12.8 Å². The molecule has 0 saturated heterocycles. The summed E-state index contributed by atoms with van der Waals surface area (Å²) in [6.45, 7) is 1.32. The second-order valence-corrected chi connectivity index (χ2v) is 9.68. The summed E-state index contributed by atoms with van der Waals surface area (Å²) in [6.07, 6.45) is 0.806. The van der Waals surface area contributed by atoms with Gasteiger partial charge in [0, 0.05) is 27.7 Å². The number of hydrogen-bond acceptors (Lipinski definition) is 4. The predicted octanol–water partition coefficient (Wildman–Crippen LogP) is 2.03. The van der Waals surface area contributed by atoms with Crippen molar-refractivity contribution in [1.82, 2.24) is 14.5 Å². The summed E-state index contributed by atoms with van der Waals surface area (Å²) in [5.41, 5.74) is 0.726. The summed E-state index contributed by atoms with van der Waals surface area (Å²) >= 11 is 0. The van der Waals surface area contributed by atoms with E-state index in [2.05, 4.69) is 5.32 Å². The number of anilines is 1. The zero-order chi connectivity index (χ0) is 24.6. The molecule has 0 bridgehead atoms. The van der Waals surface area contributed by atoms with Crippen LogP contribution in [-0.4, -0.2) is 69.7 Å². The highest BCUT2D eigenvalue weighted by Gasteiger charge is 2.34. The molecule has 0 spiro atoms. The fraction of sp³-hybridized carbons (Fsp3) is 0.391. The molecule has 1 N–H and O–H groups in total. The molecule has 2 amide bonds. The molecule has 0 radical (unpaired) electrons. The van der Waals surface area contributed by atoms with Gasteiger partial charge in [0.25, 0.3) is 0 Å². The van der Waals surface area contributed by atoms with E-state index in [0.717, 1.165) is 20.2 Å². The van der Waals surface area contributed by atoms with E-state index in [1.54, 1.807) is 6.92 Å². The minimum atomic E-state index is -4.19. The molecule has 10 heteroatoms. The second-order valence-electron chi connectivity index (χ2n) is 7.61. The number of hydrogen-bond donors (Lipinski definition) is 1. The lowest BCUT2D eigenvalue weighted by molar-refractivity contribution is -0.139. The predicted molar refractivity (Wildman–Crippen MR) is 126 cm³/mol. The Balaban J connectivity index is 2.42. The lowest BCUT2D eigenvalue weighted by Gasteiger charge is -2.33. The van der Waals surface area contributed by atoms with Crippen molar-refractivity contribution < 1.29 is 22.4 Å². The molecule has 0 aliphatic rings. The normalized spacial score (nSPS) is 12.3. The Morgan fingerprint density at radius 3 is 2.18 bits per heavy atom. The fourth-order valence-electron chi connectivity index (χ4n) is 3.42. The Morgan fingerprint density at radius 2 is 1.64 bits per heavy atom. The van der Waals surface area contributed by atoms with Crippen LogP contribution in [0, 0.1) is 5.82 Å². The number of amides is 2. The maximum absolute atomic E-state index is 14.5. The van der Waals surface area contributed by atoms with Crippen molar-refractivity contribution in [2.75, 3.05) is 38.5 Å². The smallest absolute Gasteiger partial charge is 0.304 e. The summed E-state index contributed by atoms with van der Waals surface area (Å²) in [5, 5.41) is 2.56. The Bertz CT molecular complexity index is 1050. The molecule has 1 atom stereocenters. The van der Waals surface area contributed by atoms with Gasteiger partial charge in [0.05, 0.1) is 5.69 Å². The van der Waals surface area contributed by atoms with Gasteiger partial charge >= 0.3 is 10.2 Å². The molecule has 0 aliphatic carbocycles. The van der Waals surface area contributed by atoms with Gasteiger partial charge in [-0.2, -0.15) is 12.7 Å². The first kappa shape index (κ1) is 26.3. The number of carbonyl (C=O) groups excluding carboxylic acids is 2. The van der Waals surface area contributed by atoms with Crippen LogP contribution in [0.4, 0.5) is 10.1 Å². The molecule has 0 saturated carbocycles. The number of nitrogens with one attached hydrogen (secondary N) is 1. The summed E-state index contributed by atoms with van der Waals surface area (Å²) in [4.78, 5) is 27.3. The zero-order valence-electron chi connectivity index (χ0n) is 19.4. The number of nitrogens with zero attached hydrogens (tertiary/aromatic N) is 3. The van der Waals surface area contributed by atoms with Gasteiger partial charge in [-0.3, -0.25) is 9.59 Å². The number of para-hydroxylation sites is 1. The molecule has 0 heterocycles. The largest absolute Gasteiger partial charge is 0.357 e. The molecular formula is C23H31FN4O4S. The van der Waals surface area contributed by atoms with Crippen LogP contribution in [-0.2, 0) is 26.2 Å². The van der Waals surface area contributed by atoms with Crippen LogP contribution in [0.1, 0.15) is 18.9 Å². The molecule has 180 valence electrons. The quantitative estimate of drug-likeness (QED) is 0.535. The van der Waals surface area contributed by atoms with Crippen molar-refractivity contribution in [3.63, 3.8) is 0 Å². The number of benzene rings is 2. The molecule has 0 unspecified atom stereocenters. The van der Waals surface area contributed by atoms with E-state index >= 15 is 0 Å². The van der Waals surface area contributed by atoms with Gasteiger partial charge in [-0.1, -0.05) is 49.4 Å². The van der Waals surface area contributed by atoms with Crippen LogP contribution in [0.2, 0.25) is 0 Å². The van der Waals surface area contributed by atoms with Gasteiger partial charge in [-0.05, 0) is 30.5 Å². The topological polar surface area (TPSA) is 90.0 Å². The number of rotatable bonds is 11. The minimum Gasteiger partial charge on any atom is -0.357 e. The lowest BCUT2D eigenvalue weighted by atomic mass is 10.1. The monoisotopic (exact) mass is 478 g/mol. The molecule has 2 aromatic rings. The van der Waals surface area contributed by atoms with Crippen molar-refractivity contribution >= 4 is 27.7 Å². The molecule has 0 aliphatic heterocycles. The van der Waals surface area contributed by atoms with E-state index in [1.807, 2.05) is 30.3 Å². The highest BCUT2D eigenvalue weighted by molar-refractivity contribution is 7.90. The molecule has 8 nitrogen and oxygen atoms in total. The zero-order valence-corrected chi connectivity index (χ0v) is 20.2. The average Bonchev–Trinajstić information content (AvgIpc) is 2.80. The summed E-state index contributed by atoms with van der Waals surface area (Å²) in [6, 6.07) is 14.0. The van der Waals surface area contributed by atoms with Gasteiger partial charge in [-0.15, -0.1) is 0 Å². The minimum absolute atomic E-state index is 0.196.